The van der Waals surface area contributed by atoms with E-state index in [0.717, 1.165) is 121 Å². The fraction of sp³-hybridized carbons (Fsp3) is 0. The quantitative estimate of drug-likeness (QED) is 0.176. The average Bonchev–Trinajstić information content (AvgIpc) is 4.09. The maximum absolute atomic E-state index is 6.43. The van der Waals surface area contributed by atoms with Gasteiger partial charge < -0.3 is 13.3 Å². The predicted octanol–water partition coefficient (Wildman–Crippen LogP) is 14.8. The summed E-state index contributed by atoms with van der Waals surface area (Å²) in [5.74, 6) is 1.54. The molecule has 0 spiro atoms. The number of fused-ring (bicyclic) bond motifs is 14. The summed E-state index contributed by atoms with van der Waals surface area (Å²) >= 11 is 0. The van der Waals surface area contributed by atoms with Gasteiger partial charge in [-0.2, -0.15) is 9.97 Å². The van der Waals surface area contributed by atoms with E-state index in [1.165, 1.54) is 0 Å². The Morgan fingerprint density at radius 1 is 0.306 bits per heavy atom. The highest BCUT2D eigenvalue weighted by Crippen LogP contribution is 2.43. The van der Waals surface area contributed by atoms with Gasteiger partial charge in [-0.1, -0.05) is 127 Å². The van der Waals surface area contributed by atoms with Crippen LogP contribution in [0.15, 0.2) is 195 Å². The summed E-state index contributed by atoms with van der Waals surface area (Å²) in [6.45, 7) is 0. The Hall–Kier alpha value is -8.55. The predicted molar refractivity (Wildman–Crippen MR) is 250 cm³/mol. The zero-order chi connectivity index (χ0) is 40.5. The molecular weight excluding hydrogens is 765 g/mol. The van der Waals surface area contributed by atoms with Crippen molar-refractivity contribution in [2.24, 2.45) is 0 Å². The van der Waals surface area contributed by atoms with Gasteiger partial charge in [-0.15, -0.1) is 0 Å². The average molecular weight is 795 g/mol. The second kappa shape index (κ2) is 12.5. The Balaban J connectivity index is 1.08. The number of hydrogen-bond donors (Lipinski definition) is 0. The van der Waals surface area contributed by atoms with Crippen LogP contribution in [0.4, 0.5) is 0 Å². The Morgan fingerprint density at radius 2 is 0.742 bits per heavy atom. The molecule has 0 saturated carbocycles. The van der Waals surface area contributed by atoms with Crippen molar-refractivity contribution >= 4 is 98.4 Å². The van der Waals surface area contributed by atoms with E-state index in [-0.39, 0.29) is 0 Å². The van der Waals surface area contributed by atoms with E-state index >= 15 is 0 Å². The third kappa shape index (κ3) is 4.78. The molecule has 0 amide bonds. The lowest BCUT2D eigenvalue weighted by molar-refractivity contribution is 0.668. The van der Waals surface area contributed by atoms with Gasteiger partial charge in [-0.05, 0) is 65.5 Å². The lowest BCUT2D eigenvalue weighted by atomic mass is 10.00. The van der Waals surface area contributed by atoms with Crippen LogP contribution in [0.5, 0.6) is 0 Å². The minimum Gasteiger partial charge on any atom is -0.456 e. The Labute approximate surface area is 351 Å². The van der Waals surface area contributed by atoms with E-state index in [9.17, 15) is 0 Å². The molecule has 0 bridgehead atoms. The molecule has 0 N–H and O–H groups in total. The first-order valence-corrected chi connectivity index (χ1v) is 20.7. The SMILES string of the molecule is c1ccc2c(c1)ccc1c3cccc(-c4ccc5c(c4)oc4ccccc45)c3n(-c3nc(-c4ccc5c(c4)oc4ccccc45)nc(-c4ccc5c(c4)oc4ccccc45)n3)c21. The fourth-order valence-electron chi connectivity index (χ4n) is 9.61. The summed E-state index contributed by atoms with van der Waals surface area (Å²) in [6.07, 6.45) is 0. The molecule has 0 saturated heterocycles. The molecule has 0 radical (unpaired) electrons. The number of furan rings is 3. The minimum atomic E-state index is 0.494. The molecule has 14 aromatic rings. The van der Waals surface area contributed by atoms with Crippen molar-refractivity contribution in [3.63, 3.8) is 0 Å². The standard InChI is InChI=1S/C55H30N4O3/c1-2-11-35-31(10-1)20-27-44-43-16-9-15-36(32-21-24-40-37-12-3-6-17-45(37)60-48(40)28-32)52(43)59(51(35)44)55-57-53(33-22-25-41-38-13-4-7-18-46(38)61-49(41)29-33)56-54(58-55)34-23-26-42-39-14-5-8-19-47(39)62-50(42)30-34/h1-30H. The maximum atomic E-state index is 6.43. The van der Waals surface area contributed by atoms with E-state index in [2.05, 4.69) is 126 Å². The van der Waals surface area contributed by atoms with Crippen LogP contribution in [0.3, 0.4) is 0 Å². The third-order valence-electron chi connectivity index (χ3n) is 12.5. The van der Waals surface area contributed by atoms with Gasteiger partial charge >= 0.3 is 0 Å². The van der Waals surface area contributed by atoms with Crippen LogP contribution in [0.25, 0.3) is 138 Å². The van der Waals surface area contributed by atoms with Crippen LogP contribution in [-0.2, 0) is 0 Å². The molecule has 62 heavy (non-hydrogen) atoms. The summed E-state index contributed by atoms with van der Waals surface area (Å²) in [6, 6.07) is 62.8. The molecule has 0 aliphatic rings. The molecule has 0 fully saturated rings. The Bertz CT molecular complexity index is 4060. The summed E-state index contributed by atoms with van der Waals surface area (Å²) in [7, 11) is 0. The zero-order valence-corrected chi connectivity index (χ0v) is 32.8. The van der Waals surface area contributed by atoms with Crippen LogP contribution in [0.1, 0.15) is 0 Å². The van der Waals surface area contributed by atoms with Crippen molar-refractivity contribution < 1.29 is 13.3 Å². The van der Waals surface area contributed by atoms with E-state index in [0.29, 0.717) is 17.6 Å². The highest BCUT2D eigenvalue weighted by atomic mass is 16.3. The summed E-state index contributed by atoms with van der Waals surface area (Å²) in [5, 5.41) is 10.8. The van der Waals surface area contributed by atoms with Gasteiger partial charge in [0.05, 0.1) is 11.0 Å². The molecule has 7 heteroatoms. The first-order chi connectivity index (χ1) is 30.7. The summed E-state index contributed by atoms with van der Waals surface area (Å²) in [5.41, 5.74) is 10.6. The second-order valence-electron chi connectivity index (χ2n) is 15.9. The van der Waals surface area contributed by atoms with Gasteiger partial charge in [0.15, 0.2) is 11.6 Å². The minimum absolute atomic E-state index is 0.494. The van der Waals surface area contributed by atoms with E-state index in [1.54, 1.807) is 0 Å². The van der Waals surface area contributed by atoms with Crippen LogP contribution < -0.4 is 0 Å². The number of rotatable bonds is 4. The molecule has 0 unspecified atom stereocenters. The van der Waals surface area contributed by atoms with Gasteiger partial charge in [0, 0.05) is 65.2 Å². The molecule has 0 aliphatic heterocycles. The van der Waals surface area contributed by atoms with E-state index in [1.807, 2.05) is 60.7 Å². The van der Waals surface area contributed by atoms with Gasteiger partial charge in [0.2, 0.25) is 5.95 Å². The monoisotopic (exact) mass is 794 g/mol. The number of benzene rings is 9. The maximum Gasteiger partial charge on any atom is 0.238 e. The normalized spacial score (nSPS) is 12.2. The van der Waals surface area contributed by atoms with E-state index < -0.39 is 0 Å². The molecule has 0 aliphatic carbocycles. The van der Waals surface area contributed by atoms with Crippen molar-refractivity contribution in [1.82, 2.24) is 19.5 Å². The zero-order valence-electron chi connectivity index (χ0n) is 32.8. The van der Waals surface area contributed by atoms with Crippen molar-refractivity contribution in [1.29, 1.82) is 0 Å². The topological polar surface area (TPSA) is 83.0 Å². The Kier molecular flexibility index (Phi) is 6.71. The lowest BCUT2D eigenvalue weighted by Gasteiger charge is -2.14. The van der Waals surface area contributed by atoms with Gasteiger partial charge in [0.1, 0.15) is 33.5 Å². The lowest BCUT2D eigenvalue weighted by Crippen LogP contribution is -2.07. The first-order valence-electron chi connectivity index (χ1n) is 20.7. The number of hydrogen-bond acceptors (Lipinski definition) is 6. The highest BCUT2D eigenvalue weighted by Gasteiger charge is 2.23. The van der Waals surface area contributed by atoms with Gasteiger partial charge in [0.25, 0.3) is 0 Å². The molecular formula is C55H30N4O3. The molecule has 14 rings (SSSR count). The fourth-order valence-corrected chi connectivity index (χ4v) is 9.61. The molecule has 7 nitrogen and oxygen atoms in total. The van der Waals surface area contributed by atoms with Gasteiger partial charge in [-0.25, -0.2) is 4.98 Å². The van der Waals surface area contributed by atoms with Crippen LogP contribution in [-0.4, -0.2) is 19.5 Å². The molecule has 5 heterocycles. The molecule has 0 atom stereocenters. The largest absolute Gasteiger partial charge is 0.456 e. The van der Waals surface area contributed by atoms with Crippen LogP contribution in [0.2, 0.25) is 0 Å². The van der Waals surface area contributed by atoms with Crippen LogP contribution in [0, 0.1) is 0 Å². The first kappa shape index (κ1) is 33.3. The number of para-hydroxylation sites is 4. The van der Waals surface area contributed by atoms with Crippen molar-refractivity contribution in [3.8, 4) is 39.9 Å². The summed E-state index contributed by atoms with van der Waals surface area (Å²) < 4.78 is 21.4. The summed E-state index contributed by atoms with van der Waals surface area (Å²) in [4.78, 5) is 16.0. The van der Waals surface area contributed by atoms with Crippen LogP contribution >= 0.6 is 0 Å². The highest BCUT2D eigenvalue weighted by molar-refractivity contribution is 6.21. The smallest absolute Gasteiger partial charge is 0.238 e. The number of nitrogens with zero attached hydrogens (tertiary/aromatic N) is 4. The van der Waals surface area contributed by atoms with E-state index in [4.69, 9.17) is 28.2 Å². The molecule has 5 aromatic heterocycles. The van der Waals surface area contributed by atoms with Crippen molar-refractivity contribution in [3.05, 3.63) is 182 Å². The second-order valence-corrected chi connectivity index (χ2v) is 15.9. The Morgan fingerprint density at radius 3 is 1.32 bits per heavy atom. The van der Waals surface area contributed by atoms with Crippen molar-refractivity contribution in [2.45, 2.75) is 0 Å². The van der Waals surface area contributed by atoms with Gasteiger partial charge in [-0.3, -0.25) is 4.57 Å². The number of aromatic nitrogens is 4. The van der Waals surface area contributed by atoms with Crippen molar-refractivity contribution in [2.75, 3.05) is 0 Å². The molecule has 288 valence electrons. The molecule has 9 aromatic carbocycles. The third-order valence-corrected chi connectivity index (χ3v) is 12.5.